The summed E-state index contributed by atoms with van der Waals surface area (Å²) in [6, 6.07) is 21.5. The first-order chi connectivity index (χ1) is 51.6. The molecule has 5 rings (SSSR count). The number of carbonyl (C=O) groups excluding carboxylic acids is 10. The summed E-state index contributed by atoms with van der Waals surface area (Å²) in [4.78, 5) is 122. The van der Waals surface area contributed by atoms with Gasteiger partial charge in [-0.25, -0.2) is 31.5 Å². The van der Waals surface area contributed by atoms with Crippen molar-refractivity contribution in [1.82, 2.24) is 4.72 Å². The second kappa shape index (κ2) is 60.2. The van der Waals surface area contributed by atoms with E-state index in [2.05, 4.69) is 45.1 Å². The number of rotatable bonds is 29. The molecule has 1 atom stereocenters. The summed E-state index contributed by atoms with van der Waals surface area (Å²) in [5.41, 5.74) is 2.22. The van der Waals surface area contributed by atoms with Crippen LogP contribution in [0.5, 0.6) is 0 Å². The molecule has 0 spiro atoms. The number of nitrogens with one attached hydrogen (secondary N) is 1. The number of primary sulfonamides is 1. The highest BCUT2D eigenvalue weighted by molar-refractivity contribution is 7.89. The van der Waals surface area contributed by atoms with Gasteiger partial charge in [0.1, 0.15) is 28.9 Å². The summed E-state index contributed by atoms with van der Waals surface area (Å²) in [6.45, 7) is 58.9. The van der Waals surface area contributed by atoms with Gasteiger partial charge < -0.3 is 9.84 Å². The lowest BCUT2D eigenvalue weighted by Gasteiger charge is -2.21. The second-order valence-electron chi connectivity index (χ2n) is 35.5. The van der Waals surface area contributed by atoms with E-state index in [1.165, 1.54) is 94.2 Å². The molecule has 3 aromatic rings. The smallest absolute Gasteiger partial charge is 0.335 e. The van der Waals surface area contributed by atoms with Crippen LogP contribution >= 0.6 is 0 Å². The molecule has 2 fully saturated rings. The lowest BCUT2D eigenvalue weighted by Crippen LogP contribution is -2.42. The molecular formula is C91H156N2O17S2Si. The highest BCUT2D eigenvalue weighted by Gasteiger charge is 2.26. The molecule has 4 N–H and O–H groups in total. The molecule has 0 radical (unpaired) electrons. The van der Waals surface area contributed by atoms with Crippen molar-refractivity contribution >= 4 is 92.1 Å². The molecule has 22 heteroatoms. The molecule has 2 saturated carbocycles. The second-order valence-corrected chi connectivity index (χ2v) is 44.5. The van der Waals surface area contributed by atoms with Gasteiger partial charge in [-0.15, -0.1) is 0 Å². The number of aromatic carboxylic acids is 1. The third-order valence-corrected chi connectivity index (χ3v) is 21.0. The van der Waals surface area contributed by atoms with Crippen molar-refractivity contribution in [3.05, 3.63) is 101 Å². The van der Waals surface area contributed by atoms with Crippen LogP contribution in [-0.4, -0.2) is 113 Å². The maximum absolute atomic E-state index is 11.7. The van der Waals surface area contributed by atoms with E-state index in [1.54, 1.807) is 46.8 Å². The third-order valence-electron chi connectivity index (χ3n) is 17.7. The minimum atomic E-state index is -3.68. The number of hydrogen-bond acceptors (Lipinski definition) is 16. The van der Waals surface area contributed by atoms with Crippen molar-refractivity contribution in [2.45, 2.75) is 313 Å². The Kier molecular flexibility index (Phi) is 61.4. The standard InChI is InChI=1S/C11H12O3.C11H20O.C10H13NO3S.C10H21NO3S.C10H18O.C10H12O.C9H20O2Si.C9H18O.C6H12O.C5H10O/c1-7(2)10(12)8-3-5-9(6-4-8)11(13)14;1-9(2)11(12)8-10-6-4-3-5-7-10;1-7(2)10(12)8-3-5-9(6-4-8)15(11,13)14;1-7(2)6-9(10(12)8(3)4)11-15(5,13)14;1-8(2)10(11)7-9-5-3-4-6-9;1-8(2)10(11)9-6-4-3-5-7-9;1-8(2)9(10)11-6-7-12(3,4)5;1-7(2)8(10)6-9(3,4)5;1-4-6(7)5(2)3;1-4(2)5(3)6/h3-7H,1-2H3,(H,13,14);9-10H,3-8H2,1-2H3;3-7H,1-2H3,(H2,11,13,14);7-9,11H,6H2,1-5H3;8-9H,3-7H2,1-2H3;3-8H,1-2H3;8H,6-7H2,1-5H3;7H,6H2,1-5H3;5H,4H2,1-3H3;4H,1-3H3/t;;;9-;;;;;;/m...1....../s1. The zero-order valence-electron chi connectivity index (χ0n) is 75.8. The number of esters is 1. The molecule has 0 aliphatic heterocycles. The molecule has 0 unspecified atom stereocenters. The number of ether oxygens (including phenoxy) is 1. The fourth-order valence-corrected chi connectivity index (χ4v) is 11.9. The van der Waals surface area contributed by atoms with Crippen LogP contribution in [0.2, 0.25) is 25.7 Å². The lowest BCUT2D eigenvalue weighted by molar-refractivity contribution is -0.146. The Morgan fingerprint density at radius 1 is 0.478 bits per heavy atom. The molecule has 3 aromatic carbocycles. The van der Waals surface area contributed by atoms with E-state index in [9.17, 15) is 69.6 Å². The average Bonchev–Trinajstić information content (AvgIpc) is 1.28. The first kappa shape index (κ1) is 115. The van der Waals surface area contributed by atoms with Crippen LogP contribution in [0.3, 0.4) is 0 Å². The Labute approximate surface area is 687 Å². The van der Waals surface area contributed by atoms with Gasteiger partial charge in [0.2, 0.25) is 20.0 Å². The number of carboxylic acid groups (broad SMARTS) is 1. The number of carboxylic acids is 1. The van der Waals surface area contributed by atoms with E-state index in [0.717, 1.165) is 36.6 Å². The van der Waals surface area contributed by atoms with Crippen LogP contribution in [0.25, 0.3) is 0 Å². The number of ketones is 9. The first-order valence-electron chi connectivity index (χ1n) is 41.0. The Hall–Kier alpha value is -6.33. The normalized spacial score (nSPS) is 13.2. The molecule has 0 aromatic heterocycles. The Morgan fingerprint density at radius 3 is 1.06 bits per heavy atom. The predicted octanol–water partition coefficient (Wildman–Crippen LogP) is 21.1. The van der Waals surface area contributed by atoms with Gasteiger partial charge in [-0.05, 0) is 66.8 Å². The Bertz CT molecular complexity index is 3470. The monoisotopic (exact) mass is 1640 g/mol. The Morgan fingerprint density at radius 2 is 0.814 bits per heavy atom. The van der Waals surface area contributed by atoms with Crippen LogP contribution in [0, 0.1) is 82.3 Å². The average molecular weight is 1640 g/mol. The van der Waals surface area contributed by atoms with E-state index in [1.807, 2.05) is 162 Å². The van der Waals surface area contributed by atoms with Crippen molar-refractivity contribution in [1.29, 1.82) is 0 Å². The molecule has 2 aliphatic carbocycles. The highest BCUT2D eigenvalue weighted by atomic mass is 32.2. The van der Waals surface area contributed by atoms with E-state index < -0.39 is 40.1 Å². The number of hydrogen-bond donors (Lipinski definition) is 3. The predicted molar refractivity (Wildman–Crippen MR) is 467 cm³/mol. The van der Waals surface area contributed by atoms with Crippen LogP contribution in [0.1, 0.15) is 318 Å². The molecule has 0 heterocycles. The van der Waals surface area contributed by atoms with Crippen molar-refractivity contribution in [2.24, 2.45) is 87.5 Å². The van der Waals surface area contributed by atoms with Crippen LogP contribution in [0.4, 0.5) is 0 Å². The molecule has 0 saturated heterocycles. The molecule has 2 aliphatic rings. The van der Waals surface area contributed by atoms with Crippen molar-refractivity contribution in [3.8, 4) is 0 Å². The number of benzene rings is 3. The Balaban J connectivity index is -0.000000386. The summed E-state index contributed by atoms with van der Waals surface area (Å²) < 4.78 is 51.5. The quantitative estimate of drug-likeness (QED) is 0.0330. The highest BCUT2D eigenvalue weighted by Crippen LogP contribution is 2.29. The molecule has 0 bridgehead atoms. The topological polar surface area (TPSA) is 324 Å². The van der Waals surface area contributed by atoms with Crippen molar-refractivity contribution in [2.75, 3.05) is 12.9 Å². The fourth-order valence-electron chi connectivity index (χ4n) is 9.95. The maximum atomic E-state index is 11.7. The van der Waals surface area contributed by atoms with Gasteiger partial charge in [-0.2, -0.15) is 0 Å². The maximum Gasteiger partial charge on any atom is 0.335 e. The molecule has 113 heavy (non-hydrogen) atoms. The zero-order valence-corrected chi connectivity index (χ0v) is 78.4. The third kappa shape index (κ3) is 63.6. The first-order valence-corrected chi connectivity index (χ1v) is 48.1. The minimum Gasteiger partial charge on any atom is -0.478 e. The summed E-state index contributed by atoms with van der Waals surface area (Å²) in [5.74, 6) is 3.64. The number of carbonyl (C=O) groups is 11. The number of nitrogens with two attached hydrogens (primary N) is 1. The van der Waals surface area contributed by atoms with Gasteiger partial charge in [-0.3, -0.25) is 47.9 Å². The van der Waals surface area contributed by atoms with Crippen molar-refractivity contribution in [3.63, 3.8) is 0 Å². The molecular weight excluding hydrogens is 1490 g/mol. The lowest BCUT2D eigenvalue weighted by atomic mass is 9.84. The SMILES string of the molecule is CC(=O)C(C)C.CC(C)C(=O)CC(C)(C)C.CC(C)C(=O)CC1CCCC1.CC(C)C(=O)CC1CCCCC1.CC(C)C(=O)OCC[Si](C)(C)C.CC(C)C(=O)c1ccc(C(=O)O)cc1.CC(C)C(=O)c1ccc(S(N)(=O)=O)cc1.CC(C)C(=O)c1ccccc1.CC(C)C[C@@H](NS(C)(=O)=O)C(=O)C(C)C.CCC(=O)C(C)C. The van der Waals surface area contributed by atoms with Gasteiger partial charge in [0.25, 0.3) is 0 Å². The van der Waals surface area contributed by atoms with Crippen molar-refractivity contribution < 1.29 is 79.4 Å². The van der Waals surface area contributed by atoms with E-state index in [4.69, 9.17) is 15.0 Å². The largest absolute Gasteiger partial charge is 0.478 e. The molecule has 19 nitrogen and oxygen atoms in total. The van der Waals surface area contributed by atoms with E-state index in [-0.39, 0.29) is 116 Å². The van der Waals surface area contributed by atoms with E-state index in [0.29, 0.717) is 66.0 Å². The van der Waals surface area contributed by atoms with Gasteiger partial charge >= 0.3 is 11.9 Å². The summed E-state index contributed by atoms with van der Waals surface area (Å²) >= 11 is 0. The van der Waals surface area contributed by atoms with Gasteiger partial charge in [0.15, 0.2) is 23.1 Å². The molecule has 0 amide bonds. The summed E-state index contributed by atoms with van der Waals surface area (Å²) in [6.07, 6.45) is 16.6. The minimum absolute atomic E-state index is 0.00614. The van der Waals surface area contributed by atoms with Crippen LogP contribution < -0.4 is 9.86 Å². The van der Waals surface area contributed by atoms with Gasteiger partial charge in [-0.1, -0.05) is 312 Å². The zero-order chi connectivity index (χ0) is 89.2. The summed E-state index contributed by atoms with van der Waals surface area (Å²) in [5, 5.41) is 13.6. The number of sulfonamides is 2. The molecule has 648 valence electrons. The van der Waals surface area contributed by atoms with Crippen LogP contribution in [-0.2, 0) is 58.3 Å². The van der Waals surface area contributed by atoms with E-state index >= 15 is 0 Å². The van der Waals surface area contributed by atoms with Gasteiger partial charge in [0.05, 0.1) is 35.3 Å². The van der Waals surface area contributed by atoms with Crippen LogP contribution in [0.15, 0.2) is 83.8 Å². The fraction of sp³-hybridized carbons (Fsp3) is 0.681. The summed E-state index contributed by atoms with van der Waals surface area (Å²) in [7, 11) is -8.03. The number of Topliss-reactive ketones (excluding diaryl/α,β-unsaturated/α-hetero) is 9. The van der Waals surface area contributed by atoms with Gasteiger partial charge in [0, 0.05) is 104 Å².